The molecule has 1 N–H and O–H groups in total. The molecule has 0 bridgehead atoms. The Balaban J connectivity index is 0.00000225. The highest BCUT2D eigenvalue weighted by atomic mass is 35.5. The second kappa shape index (κ2) is 8.16. The number of piperazine rings is 1. The quantitative estimate of drug-likeness (QED) is 0.733. The molecule has 8 heteroatoms. The molecule has 4 rings (SSSR count). The van der Waals surface area contributed by atoms with Gasteiger partial charge in [0.05, 0.1) is 11.4 Å². The third-order valence-corrected chi connectivity index (χ3v) is 5.03. The molecule has 3 heterocycles. The summed E-state index contributed by atoms with van der Waals surface area (Å²) in [6, 6.07) is 9.63. The third-order valence-electron chi connectivity index (χ3n) is 5.03. The summed E-state index contributed by atoms with van der Waals surface area (Å²) in [4.78, 5) is 19.5. The van der Waals surface area contributed by atoms with Gasteiger partial charge >= 0.3 is 0 Å². The molecule has 1 unspecified atom stereocenters. The first-order valence-electron chi connectivity index (χ1n) is 9.17. The minimum Gasteiger partial charge on any atom is -0.336 e. The maximum absolute atomic E-state index is 13.2. The van der Waals surface area contributed by atoms with Gasteiger partial charge in [0.25, 0.3) is 5.91 Å². The van der Waals surface area contributed by atoms with Crippen LogP contribution in [0.3, 0.4) is 0 Å². The number of carbonyl (C=O) groups excluding carboxylic acids is 1. The summed E-state index contributed by atoms with van der Waals surface area (Å²) >= 11 is 0. The zero-order valence-corrected chi connectivity index (χ0v) is 17.1. The van der Waals surface area contributed by atoms with Gasteiger partial charge in [-0.15, -0.1) is 12.4 Å². The molecule has 1 fully saturated rings. The van der Waals surface area contributed by atoms with E-state index in [0.717, 1.165) is 29.4 Å². The first-order valence-corrected chi connectivity index (χ1v) is 9.17. The lowest BCUT2D eigenvalue weighted by Gasteiger charge is -2.35. The van der Waals surface area contributed by atoms with Gasteiger partial charge in [-0.1, -0.05) is 0 Å². The topological polar surface area (TPSA) is 68.0 Å². The van der Waals surface area contributed by atoms with Crippen LogP contribution in [0.25, 0.3) is 5.69 Å². The van der Waals surface area contributed by atoms with Crippen molar-refractivity contribution in [2.75, 3.05) is 19.6 Å². The van der Waals surface area contributed by atoms with Gasteiger partial charge in [-0.2, -0.15) is 5.10 Å². The molecule has 1 saturated heterocycles. The molecule has 3 aromatic rings. The van der Waals surface area contributed by atoms with Crippen molar-refractivity contribution in [1.29, 1.82) is 0 Å². The van der Waals surface area contributed by atoms with Crippen LogP contribution in [-0.4, -0.2) is 49.8 Å². The van der Waals surface area contributed by atoms with Gasteiger partial charge in [0.1, 0.15) is 11.9 Å². The third kappa shape index (κ3) is 3.68. The number of amides is 1. The lowest BCUT2D eigenvalue weighted by Crippen LogP contribution is -2.49. The number of imidazole rings is 1. The monoisotopic (exact) mass is 400 g/mol. The van der Waals surface area contributed by atoms with Crippen molar-refractivity contribution in [3.8, 4) is 5.69 Å². The number of halogens is 1. The SMILES string of the molecule is Cc1cc(C)n(-c2ccc(C(=O)N3CCNCC3c3nccn3C)cc2)n1.Cl. The summed E-state index contributed by atoms with van der Waals surface area (Å²) in [5.74, 6) is 0.930. The highest BCUT2D eigenvalue weighted by Gasteiger charge is 2.31. The van der Waals surface area contributed by atoms with E-state index in [1.165, 1.54) is 0 Å². The number of nitrogens with one attached hydrogen (secondary N) is 1. The van der Waals surface area contributed by atoms with Gasteiger partial charge in [0.2, 0.25) is 0 Å². The lowest BCUT2D eigenvalue weighted by molar-refractivity contribution is 0.0621. The predicted octanol–water partition coefficient (Wildman–Crippen LogP) is 2.43. The zero-order valence-electron chi connectivity index (χ0n) is 16.3. The first kappa shape index (κ1) is 20.1. The van der Waals surface area contributed by atoms with E-state index in [0.29, 0.717) is 18.7 Å². The van der Waals surface area contributed by atoms with Crippen LogP contribution in [0, 0.1) is 13.8 Å². The van der Waals surface area contributed by atoms with Crippen LogP contribution >= 0.6 is 12.4 Å². The van der Waals surface area contributed by atoms with Crippen LogP contribution in [0.4, 0.5) is 0 Å². The van der Waals surface area contributed by atoms with Crippen LogP contribution in [0.1, 0.15) is 33.6 Å². The Labute approximate surface area is 170 Å². The standard InChI is InChI=1S/C20H24N6O.ClH/c1-14-12-15(2)26(23-14)17-6-4-16(5-7-17)20(27)25-11-8-21-13-18(25)19-22-9-10-24(19)3;/h4-7,9-10,12,18,21H,8,11,13H2,1-3H3;1H. The van der Waals surface area contributed by atoms with Gasteiger partial charge in [-0.05, 0) is 44.2 Å². The van der Waals surface area contributed by atoms with E-state index in [4.69, 9.17) is 0 Å². The number of hydrogen-bond acceptors (Lipinski definition) is 4. The smallest absolute Gasteiger partial charge is 0.254 e. The molecule has 148 valence electrons. The van der Waals surface area contributed by atoms with E-state index >= 15 is 0 Å². The lowest BCUT2D eigenvalue weighted by atomic mass is 10.1. The molecule has 28 heavy (non-hydrogen) atoms. The Bertz CT molecular complexity index is 961. The van der Waals surface area contributed by atoms with Gasteiger partial charge in [-0.3, -0.25) is 4.79 Å². The molecule has 0 saturated carbocycles. The van der Waals surface area contributed by atoms with Crippen LogP contribution in [0.2, 0.25) is 0 Å². The maximum atomic E-state index is 13.2. The Morgan fingerprint density at radius 1 is 1.21 bits per heavy atom. The molecule has 1 aromatic carbocycles. The van der Waals surface area contributed by atoms with E-state index in [1.807, 2.05) is 71.6 Å². The first-order chi connectivity index (χ1) is 13.0. The minimum atomic E-state index is -0.0677. The molecule has 1 atom stereocenters. The van der Waals surface area contributed by atoms with E-state index in [1.54, 1.807) is 6.20 Å². The minimum absolute atomic E-state index is 0. The van der Waals surface area contributed by atoms with E-state index in [-0.39, 0.29) is 24.4 Å². The van der Waals surface area contributed by atoms with Gasteiger partial charge in [-0.25, -0.2) is 9.67 Å². The summed E-state index contributed by atoms with van der Waals surface area (Å²) in [6.07, 6.45) is 3.69. The molecule has 1 amide bonds. The molecule has 1 aliphatic rings. The van der Waals surface area contributed by atoms with Gasteiger partial charge in [0, 0.05) is 50.3 Å². The summed E-state index contributed by atoms with van der Waals surface area (Å²) in [6.45, 7) is 6.16. The summed E-state index contributed by atoms with van der Waals surface area (Å²) < 4.78 is 3.87. The van der Waals surface area contributed by atoms with Crippen LogP contribution in [0.15, 0.2) is 42.7 Å². The van der Waals surface area contributed by atoms with E-state index in [9.17, 15) is 4.79 Å². The van der Waals surface area contributed by atoms with E-state index in [2.05, 4.69) is 15.4 Å². The zero-order chi connectivity index (χ0) is 19.0. The van der Waals surface area contributed by atoms with Crippen molar-refractivity contribution in [1.82, 2.24) is 29.5 Å². The maximum Gasteiger partial charge on any atom is 0.254 e. The summed E-state index contributed by atoms with van der Waals surface area (Å²) in [7, 11) is 1.96. The Morgan fingerprint density at radius 3 is 2.57 bits per heavy atom. The molecule has 2 aromatic heterocycles. The van der Waals surface area contributed by atoms with Crippen molar-refractivity contribution in [2.24, 2.45) is 7.05 Å². The van der Waals surface area contributed by atoms with Crippen LogP contribution in [-0.2, 0) is 7.05 Å². The predicted molar refractivity (Wildman–Crippen MR) is 110 cm³/mol. The molecular formula is C20H25ClN6O. The average Bonchev–Trinajstić information content (AvgIpc) is 3.26. The second-order valence-electron chi connectivity index (χ2n) is 7.00. The number of carbonyl (C=O) groups is 1. The molecular weight excluding hydrogens is 376 g/mol. The molecule has 0 radical (unpaired) electrons. The molecule has 0 aliphatic carbocycles. The number of rotatable bonds is 3. The highest BCUT2D eigenvalue weighted by Crippen LogP contribution is 2.23. The fourth-order valence-corrected chi connectivity index (χ4v) is 3.68. The fraction of sp³-hybridized carbons (Fsp3) is 0.350. The highest BCUT2D eigenvalue weighted by molar-refractivity contribution is 5.94. The van der Waals surface area contributed by atoms with Crippen molar-refractivity contribution >= 4 is 18.3 Å². The fourth-order valence-electron chi connectivity index (χ4n) is 3.68. The molecule has 1 aliphatic heterocycles. The average molecular weight is 401 g/mol. The van der Waals surface area contributed by atoms with Gasteiger partial charge in [0.15, 0.2) is 0 Å². The van der Waals surface area contributed by atoms with Crippen molar-refractivity contribution in [3.05, 3.63) is 65.5 Å². The Hall–Kier alpha value is -2.64. The van der Waals surface area contributed by atoms with Crippen LogP contribution in [0.5, 0.6) is 0 Å². The number of aromatic nitrogens is 4. The van der Waals surface area contributed by atoms with Crippen molar-refractivity contribution in [2.45, 2.75) is 19.9 Å². The second-order valence-corrected chi connectivity index (χ2v) is 7.00. The number of benzene rings is 1. The van der Waals surface area contributed by atoms with E-state index < -0.39 is 0 Å². The normalized spacial score (nSPS) is 16.7. The van der Waals surface area contributed by atoms with Crippen molar-refractivity contribution < 1.29 is 4.79 Å². The number of hydrogen-bond donors (Lipinski definition) is 1. The Kier molecular flexibility index (Phi) is 5.86. The van der Waals surface area contributed by atoms with Gasteiger partial charge < -0.3 is 14.8 Å². The Morgan fingerprint density at radius 2 is 1.96 bits per heavy atom. The molecule has 7 nitrogen and oxygen atoms in total. The largest absolute Gasteiger partial charge is 0.336 e. The van der Waals surface area contributed by atoms with Crippen LogP contribution < -0.4 is 5.32 Å². The molecule has 0 spiro atoms. The summed E-state index contributed by atoms with van der Waals surface area (Å²) in [5, 5.41) is 7.87. The number of aryl methyl sites for hydroxylation is 3. The number of nitrogens with zero attached hydrogens (tertiary/aromatic N) is 5. The summed E-state index contributed by atoms with van der Waals surface area (Å²) in [5.41, 5.74) is 3.69. The van der Waals surface area contributed by atoms with Crippen molar-refractivity contribution in [3.63, 3.8) is 0 Å².